The molecule has 1 saturated heterocycles. The largest absolute Gasteiger partial charge is 0.540 e. The van der Waals surface area contributed by atoms with Gasteiger partial charge in [-0.1, -0.05) is 40.9 Å². The van der Waals surface area contributed by atoms with E-state index in [1.54, 1.807) is 19.1 Å². The summed E-state index contributed by atoms with van der Waals surface area (Å²) in [5.74, 6) is 0.407. The predicted molar refractivity (Wildman–Crippen MR) is 75.2 cm³/mol. The van der Waals surface area contributed by atoms with E-state index in [-0.39, 0.29) is 6.61 Å². The average Bonchev–Trinajstić information content (AvgIpc) is 2.62. The highest BCUT2D eigenvalue weighted by Crippen LogP contribution is 2.51. The lowest BCUT2D eigenvalue weighted by molar-refractivity contribution is -0.692. The zero-order valence-electron chi connectivity index (χ0n) is 12.8. The van der Waals surface area contributed by atoms with Gasteiger partial charge in [0.05, 0.1) is 6.10 Å². The van der Waals surface area contributed by atoms with Crippen molar-refractivity contribution in [2.75, 3.05) is 6.61 Å². The molecule has 0 N–H and O–H groups in total. The van der Waals surface area contributed by atoms with E-state index in [0.29, 0.717) is 5.75 Å². The summed E-state index contributed by atoms with van der Waals surface area (Å²) >= 11 is 0. The van der Waals surface area contributed by atoms with E-state index >= 15 is 0 Å². The van der Waals surface area contributed by atoms with Crippen molar-refractivity contribution in [3.63, 3.8) is 0 Å². The lowest BCUT2D eigenvalue weighted by Gasteiger charge is -2.17. The summed E-state index contributed by atoms with van der Waals surface area (Å²) in [5.41, 5.74) is 0.905. The molecule has 23 heavy (non-hydrogen) atoms. The van der Waals surface area contributed by atoms with Crippen LogP contribution in [0.3, 0.4) is 0 Å². The van der Waals surface area contributed by atoms with E-state index in [0.717, 1.165) is 24.8 Å². The van der Waals surface area contributed by atoms with E-state index in [1.807, 2.05) is 12.1 Å². The Kier molecular flexibility index (Phi) is 7.41. The Balaban J connectivity index is 2.01. The number of unbranched alkanes of at least 4 members (excludes halogenated alkanes) is 1. The van der Waals surface area contributed by atoms with Gasteiger partial charge in [-0.3, -0.25) is 4.52 Å². The Labute approximate surface area is 133 Å². The second kappa shape index (κ2) is 9.31. The first-order valence-corrected chi connectivity index (χ1v) is 8.63. The van der Waals surface area contributed by atoms with Crippen molar-refractivity contribution in [1.82, 2.24) is 0 Å². The number of rotatable bonds is 6. The number of para-hydroxylation sites is 1. The SMILES string of the molecule is CCCCc1ccccc1OOP1(=O)OOOOOCC(C)O1. The van der Waals surface area contributed by atoms with Crippen molar-refractivity contribution in [3.8, 4) is 5.75 Å². The molecule has 0 bridgehead atoms. The summed E-state index contributed by atoms with van der Waals surface area (Å²) in [6.45, 7) is 3.55. The Hall–Kier alpha value is -1.03. The summed E-state index contributed by atoms with van der Waals surface area (Å²) in [4.78, 5) is 9.65. The average molecular weight is 350 g/mol. The molecule has 10 heteroatoms. The van der Waals surface area contributed by atoms with Crippen LogP contribution >= 0.6 is 7.82 Å². The van der Waals surface area contributed by atoms with Gasteiger partial charge in [-0.15, -0.1) is 0 Å². The predicted octanol–water partition coefficient (Wildman–Crippen LogP) is 3.61. The summed E-state index contributed by atoms with van der Waals surface area (Å²) in [7, 11) is -4.21. The molecule has 0 aliphatic carbocycles. The van der Waals surface area contributed by atoms with Crippen LogP contribution in [0, 0.1) is 0 Å². The maximum atomic E-state index is 12.4. The highest BCUT2D eigenvalue weighted by Gasteiger charge is 2.36. The van der Waals surface area contributed by atoms with Gasteiger partial charge in [-0.25, -0.2) is 9.45 Å². The van der Waals surface area contributed by atoms with Crippen molar-refractivity contribution >= 4 is 7.82 Å². The van der Waals surface area contributed by atoms with Crippen LogP contribution in [0.4, 0.5) is 0 Å². The molecule has 130 valence electrons. The normalized spacial score (nSPS) is 26.1. The third-order valence-corrected chi connectivity index (χ3v) is 3.95. The molecule has 0 radical (unpaired) electrons. The van der Waals surface area contributed by atoms with E-state index in [9.17, 15) is 4.57 Å². The number of phosphoric acid groups is 1. The standard InChI is InChI=1S/C13H19O9P/c1-3-4-7-12-8-5-6-9-13(12)16-21-23(14)17-11(2)10-15-18-19-20-22-23/h5-6,8-9,11H,3-4,7,10H2,1-2H3. The van der Waals surface area contributed by atoms with Crippen molar-refractivity contribution in [3.05, 3.63) is 29.8 Å². The minimum atomic E-state index is -4.21. The molecule has 0 amide bonds. The first kappa shape index (κ1) is 18.3. The summed E-state index contributed by atoms with van der Waals surface area (Å²) in [6, 6.07) is 7.21. The van der Waals surface area contributed by atoms with Crippen LogP contribution in [0.5, 0.6) is 5.75 Å². The third kappa shape index (κ3) is 6.17. The number of aryl methyl sites for hydroxylation is 1. The van der Waals surface area contributed by atoms with E-state index in [1.165, 1.54) is 0 Å². The highest BCUT2D eigenvalue weighted by molar-refractivity contribution is 7.48. The molecular formula is C13H19O9P. The number of hydrogen-bond donors (Lipinski definition) is 0. The van der Waals surface area contributed by atoms with Gasteiger partial charge in [0.15, 0.2) is 5.75 Å². The smallest absolute Gasteiger partial charge is 0.327 e. The van der Waals surface area contributed by atoms with Crippen LogP contribution in [0.15, 0.2) is 24.3 Å². The maximum Gasteiger partial charge on any atom is 0.540 e. The molecule has 0 spiro atoms. The topological polar surface area (TPSA) is 90.9 Å². The quantitative estimate of drug-likeness (QED) is 0.433. The van der Waals surface area contributed by atoms with E-state index in [4.69, 9.17) is 14.1 Å². The van der Waals surface area contributed by atoms with Crippen LogP contribution in [0.25, 0.3) is 0 Å². The minimum absolute atomic E-state index is 0.0901. The number of hydrogen-bond acceptors (Lipinski definition) is 9. The van der Waals surface area contributed by atoms with E-state index in [2.05, 4.69) is 31.6 Å². The van der Waals surface area contributed by atoms with Gasteiger partial charge in [0.2, 0.25) is 0 Å². The summed E-state index contributed by atoms with van der Waals surface area (Å²) < 4.78 is 26.7. The molecule has 0 saturated carbocycles. The van der Waals surface area contributed by atoms with Crippen LogP contribution in [0.1, 0.15) is 32.3 Å². The Morgan fingerprint density at radius 3 is 2.91 bits per heavy atom. The van der Waals surface area contributed by atoms with Gasteiger partial charge in [0.25, 0.3) is 0 Å². The first-order chi connectivity index (χ1) is 11.1. The summed E-state index contributed by atoms with van der Waals surface area (Å²) in [6.07, 6.45) is 2.11. The molecule has 1 aromatic carbocycles. The van der Waals surface area contributed by atoms with Crippen LogP contribution < -0.4 is 4.89 Å². The lowest BCUT2D eigenvalue weighted by atomic mass is 10.1. The van der Waals surface area contributed by atoms with Crippen molar-refractivity contribution in [1.29, 1.82) is 0 Å². The first-order valence-electron chi connectivity index (χ1n) is 7.17. The second-order valence-corrected chi connectivity index (χ2v) is 6.20. The third-order valence-electron chi connectivity index (χ3n) is 2.83. The van der Waals surface area contributed by atoms with Crippen LogP contribution in [-0.2, 0) is 44.9 Å². The molecule has 1 aliphatic heterocycles. The zero-order chi connectivity index (χ0) is 16.5. The summed E-state index contributed by atoms with van der Waals surface area (Å²) in [5, 5.41) is 12.2. The van der Waals surface area contributed by atoms with Crippen molar-refractivity contribution in [2.24, 2.45) is 0 Å². The van der Waals surface area contributed by atoms with Gasteiger partial charge >= 0.3 is 7.82 Å². The molecule has 2 unspecified atom stereocenters. The lowest BCUT2D eigenvalue weighted by Crippen LogP contribution is -2.15. The highest BCUT2D eigenvalue weighted by atomic mass is 31.2. The van der Waals surface area contributed by atoms with Gasteiger partial charge in [0.1, 0.15) is 6.61 Å². The Morgan fingerprint density at radius 1 is 1.26 bits per heavy atom. The minimum Gasteiger partial charge on any atom is -0.327 e. The molecule has 9 nitrogen and oxygen atoms in total. The molecule has 1 fully saturated rings. The van der Waals surface area contributed by atoms with Gasteiger partial charge in [-0.05, 0) is 46.5 Å². The van der Waals surface area contributed by atoms with Crippen molar-refractivity contribution < 1.29 is 43.3 Å². The fourth-order valence-corrected chi connectivity index (χ4v) is 2.62. The Bertz CT molecular complexity index is 524. The molecule has 0 aromatic heterocycles. The van der Waals surface area contributed by atoms with Crippen molar-refractivity contribution in [2.45, 2.75) is 39.2 Å². The molecule has 1 aliphatic rings. The van der Waals surface area contributed by atoms with Crippen LogP contribution in [-0.4, -0.2) is 12.7 Å². The van der Waals surface area contributed by atoms with Gasteiger partial charge in [0, 0.05) is 0 Å². The van der Waals surface area contributed by atoms with E-state index < -0.39 is 13.9 Å². The molecular weight excluding hydrogens is 331 g/mol. The maximum absolute atomic E-state index is 12.4. The van der Waals surface area contributed by atoms with Gasteiger partial charge in [-0.2, -0.15) is 0 Å². The fraction of sp³-hybridized carbons (Fsp3) is 0.538. The Morgan fingerprint density at radius 2 is 2.09 bits per heavy atom. The molecule has 2 rings (SSSR count). The fourth-order valence-electron chi connectivity index (χ4n) is 1.75. The zero-order valence-corrected chi connectivity index (χ0v) is 13.7. The molecule has 1 aromatic rings. The van der Waals surface area contributed by atoms with Gasteiger partial charge < -0.3 is 4.89 Å². The molecule has 2 atom stereocenters. The van der Waals surface area contributed by atoms with Crippen LogP contribution in [0.2, 0.25) is 0 Å². The number of benzene rings is 1. The molecule has 1 heterocycles. The monoisotopic (exact) mass is 350 g/mol. The second-order valence-electron chi connectivity index (χ2n) is 4.80.